The average Bonchev–Trinajstić information content (AvgIpc) is 2.86. The fourth-order valence-corrected chi connectivity index (χ4v) is 4.40. The number of rotatable bonds is 5. The number of piperazine rings is 1. The van der Waals surface area contributed by atoms with Gasteiger partial charge in [-0.25, -0.2) is 14.8 Å². The van der Waals surface area contributed by atoms with Crippen LogP contribution in [0.4, 0.5) is 29.5 Å². The summed E-state index contributed by atoms with van der Waals surface area (Å²) in [4.78, 5) is 25.9. The van der Waals surface area contributed by atoms with E-state index in [0.29, 0.717) is 43.4 Å². The van der Waals surface area contributed by atoms with Crippen molar-refractivity contribution < 1.29 is 18.0 Å². The van der Waals surface area contributed by atoms with Gasteiger partial charge in [-0.3, -0.25) is 0 Å². The van der Waals surface area contributed by atoms with Crippen molar-refractivity contribution in [1.82, 2.24) is 14.9 Å². The summed E-state index contributed by atoms with van der Waals surface area (Å²) in [5.74, 6) is 1.54. The van der Waals surface area contributed by atoms with Crippen molar-refractivity contribution in [3.05, 3.63) is 81.8 Å². The summed E-state index contributed by atoms with van der Waals surface area (Å²) < 4.78 is 39.0. The Hall–Kier alpha value is -3.33. The Morgan fingerprint density at radius 1 is 1.06 bits per heavy atom. The number of amides is 2. The minimum atomic E-state index is -4.47. The molecular formula is C26H27ClF3N5O. The minimum Gasteiger partial charge on any atom is -0.353 e. The van der Waals surface area contributed by atoms with E-state index in [1.165, 1.54) is 12.1 Å². The zero-order chi connectivity index (χ0) is 25.9. The topological polar surface area (TPSA) is 61.4 Å². The Balaban J connectivity index is 1.47. The molecule has 0 bridgehead atoms. The Labute approximate surface area is 213 Å². The Morgan fingerprint density at radius 2 is 1.75 bits per heavy atom. The lowest BCUT2D eigenvalue weighted by molar-refractivity contribution is -0.137. The molecule has 1 aromatic heterocycles. The van der Waals surface area contributed by atoms with Crippen LogP contribution in [0, 0.1) is 6.92 Å². The molecule has 2 aromatic carbocycles. The van der Waals surface area contributed by atoms with Crippen molar-refractivity contribution in [2.45, 2.75) is 32.9 Å². The number of hydrogen-bond donors (Lipinski definition) is 1. The van der Waals surface area contributed by atoms with Crippen molar-refractivity contribution in [3.63, 3.8) is 0 Å². The number of hydrogen-bond acceptors (Lipinski definition) is 4. The normalized spacial score (nSPS) is 14.2. The highest BCUT2D eigenvalue weighted by molar-refractivity contribution is 6.30. The second-order valence-electron chi connectivity index (χ2n) is 8.66. The van der Waals surface area contributed by atoms with Crippen LogP contribution in [0.25, 0.3) is 0 Å². The van der Waals surface area contributed by atoms with Crippen molar-refractivity contribution in [2.75, 3.05) is 36.4 Å². The predicted molar refractivity (Wildman–Crippen MR) is 135 cm³/mol. The lowest BCUT2D eigenvalue weighted by Gasteiger charge is -2.36. The first-order valence-corrected chi connectivity index (χ1v) is 12.1. The van der Waals surface area contributed by atoms with Crippen molar-refractivity contribution >= 4 is 29.1 Å². The molecule has 1 saturated heterocycles. The summed E-state index contributed by atoms with van der Waals surface area (Å²) in [5.41, 5.74) is 2.44. The molecule has 1 aliphatic heterocycles. The van der Waals surface area contributed by atoms with Crippen LogP contribution in [0.3, 0.4) is 0 Å². The van der Waals surface area contributed by atoms with Crippen LogP contribution in [-0.4, -0.2) is 47.1 Å². The monoisotopic (exact) mass is 517 g/mol. The Morgan fingerprint density at radius 3 is 2.39 bits per heavy atom. The van der Waals surface area contributed by atoms with E-state index in [2.05, 4.69) is 22.1 Å². The number of nitrogens with zero attached hydrogens (tertiary/aromatic N) is 4. The molecule has 6 nitrogen and oxygen atoms in total. The van der Waals surface area contributed by atoms with Crippen molar-refractivity contribution in [2.24, 2.45) is 0 Å². The van der Waals surface area contributed by atoms with Gasteiger partial charge in [-0.05, 0) is 49.2 Å². The first-order valence-electron chi connectivity index (χ1n) is 11.7. The van der Waals surface area contributed by atoms with E-state index in [-0.39, 0.29) is 5.69 Å². The zero-order valence-electron chi connectivity index (χ0n) is 20.1. The third kappa shape index (κ3) is 6.07. The Bertz CT molecular complexity index is 1230. The van der Waals surface area contributed by atoms with Gasteiger partial charge in [-0.1, -0.05) is 36.7 Å². The highest BCUT2D eigenvalue weighted by atomic mass is 35.5. The van der Waals surface area contributed by atoms with E-state index < -0.39 is 17.8 Å². The van der Waals surface area contributed by atoms with Gasteiger partial charge in [0.25, 0.3) is 0 Å². The molecule has 4 rings (SSSR count). The first kappa shape index (κ1) is 25.8. The largest absolute Gasteiger partial charge is 0.416 e. The van der Waals surface area contributed by atoms with Gasteiger partial charge in [0.15, 0.2) is 0 Å². The average molecular weight is 518 g/mol. The van der Waals surface area contributed by atoms with Gasteiger partial charge in [0.2, 0.25) is 0 Å². The number of urea groups is 1. The lowest BCUT2D eigenvalue weighted by Crippen LogP contribution is -2.50. The molecule has 10 heteroatoms. The zero-order valence-corrected chi connectivity index (χ0v) is 20.8. The van der Waals surface area contributed by atoms with Gasteiger partial charge in [0, 0.05) is 54.6 Å². The second-order valence-corrected chi connectivity index (χ2v) is 9.10. The van der Waals surface area contributed by atoms with Crippen LogP contribution in [0.15, 0.2) is 48.5 Å². The molecule has 0 spiro atoms. The predicted octanol–water partition coefficient (Wildman–Crippen LogP) is 5.96. The van der Waals surface area contributed by atoms with Crippen LogP contribution >= 0.6 is 11.6 Å². The summed E-state index contributed by atoms with van der Waals surface area (Å²) in [6, 6.07) is 11.9. The molecule has 0 unspecified atom stereocenters. The molecule has 1 aliphatic rings. The molecule has 0 aliphatic carbocycles. The molecule has 1 fully saturated rings. The molecule has 3 aromatic rings. The molecule has 0 saturated carbocycles. The number of anilines is 2. The highest BCUT2D eigenvalue weighted by Gasteiger charge is 2.31. The standard InChI is InChI=1S/C26H27ClF3N5O/c1-3-23-22(15-18-7-9-20(27)10-8-18)24(32-17(2)31-23)34-11-13-35(14-12-34)25(36)33-21-6-4-5-19(16-21)26(28,29)30/h4-10,16H,3,11-15H2,1-2H3,(H,33,36). The summed E-state index contributed by atoms with van der Waals surface area (Å²) in [7, 11) is 0. The molecule has 2 amide bonds. The molecule has 2 heterocycles. The fraction of sp³-hybridized carbons (Fsp3) is 0.346. The number of alkyl halides is 3. The van der Waals surface area contributed by atoms with E-state index in [1.54, 1.807) is 4.90 Å². The van der Waals surface area contributed by atoms with Crippen LogP contribution in [0.2, 0.25) is 5.02 Å². The van der Waals surface area contributed by atoms with Crippen LogP contribution < -0.4 is 10.2 Å². The minimum absolute atomic E-state index is 0.113. The van der Waals surface area contributed by atoms with E-state index in [4.69, 9.17) is 16.6 Å². The summed E-state index contributed by atoms with van der Waals surface area (Å²) >= 11 is 6.04. The van der Waals surface area contributed by atoms with Gasteiger partial charge in [-0.2, -0.15) is 13.2 Å². The quantitative estimate of drug-likeness (QED) is 0.453. The summed E-state index contributed by atoms with van der Waals surface area (Å²) in [6.07, 6.45) is -3.05. The van der Waals surface area contributed by atoms with Gasteiger partial charge >= 0.3 is 12.2 Å². The molecule has 36 heavy (non-hydrogen) atoms. The smallest absolute Gasteiger partial charge is 0.353 e. The maximum absolute atomic E-state index is 13.0. The Kier molecular flexibility index (Phi) is 7.68. The van der Waals surface area contributed by atoms with Gasteiger partial charge < -0.3 is 15.1 Å². The van der Waals surface area contributed by atoms with E-state index in [0.717, 1.165) is 41.2 Å². The third-order valence-electron chi connectivity index (χ3n) is 6.12. The maximum Gasteiger partial charge on any atom is 0.416 e. The van der Waals surface area contributed by atoms with E-state index >= 15 is 0 Å². The van der Waals surface area contributed by atoms with Crippen LogP contribution in [-0.2, 0) is 19.0 Å². The first-order chi connectivity index (χ1) is 17.1. The van der Waals surface area contributed by atoms with E-state index in [1.807, 2.05) is 31.2 Å². The van der Waals surface area contributed by atoms with Gasteiger partial charge in [0.1, 0.15) is 11.6 Å². The number of carbonyl (C=O) groups is 1. The third-order valence-corrected chi connectivity index (χ3v) is 6.37. The number of aryl methyl sites for hydroxylation is 2. The van der Waals surface area contributed by atoms with Gasteiger partial charge in [-0.15, -0.1) is 0 Å². The molecule has 0 radical (unpaired) electrons. The molecule has 0 atom stereocenters. The highest BCUT2D eigenvalue weighted by Crippen LogP contribution is 2.31. The van der Waals surface area contributed by atoms with Crippen LogP contribution in [0.5, 0.6) is 0 Å². The molecule has 1 N–H and O–H groups in total. The SMILES string of the molecule is CCc1nc(C)nc(N2CCN(C(=O)Nc3cccc(C(F)(F)F)c3)CC2)c1Cc1ccc(Cl)cc1. The lowest BCUT2D eigenvalue weighted by atomic mass is 10.0. The summed E-state index contributed by atoms with van der Waals surface area (Å²) in [6.45, 7) is 5.85. The van der Waals surface area contributed by atoms with Crippen molar-refractivity contribution in [1.29, 1.82) is 0 Å². The number of nitrogens with one attached hydrogen (secondary N) is 1. The molecular weight excluding hydrogens is 491 g/mol. The second kappa shape index (κ2) is 10.7. The molecule has 190 valence electrons. The van der Waals surface area contributed by atoms with Crippen LogP contribution in [0.1, 0.15) is 35.1 Å². The number of aromatic nitrogens is 2. The van der Waals surface area contributed by atoms with Crippen molar-refractivity contribution in [3.8, 4) is 0 Å². The maximum atomic E-state index is 13.0. The van der Waals surface area contributed by atoms with E-state index in [9.17, 15) is 18.0 Å². The summed E-state index contributed by atoms with van der Waals surface area (Å²) in [5, 5.41) is 3.26. The fourth-order valence-electron chi connectivity index (χ4n) is 4.28. The number of halogens is 4. The number of benzene rings is 2. The number of carbonyl (C=O) groups excluding carboxylic acids is 1. The van der Waals surface area contributed by atoms with Gasteiger partial charge in [0.05, 0.1) is 5.56 Å².